The van der Waals surface area contributed by atoms with E-state index >= 15 is 0 Å². The average Bonchev–Trinajstić information content (AvgIpc) is 2.52. The molecule has 2 aromatic rings. The molecular formula is C11H8BrFN2O2. The molecule has 0 fully saturated rings. The normalized spacial score (nSPS) is 11.5. The third kappa shape index (κ3) is 2.21. The van der Waals surface area contributed by atoms with E-state index in [9.17, 15) is 9.18 Å². The van der Waals surface area contributed by atoms with Crippen molar-refractivity contribution >= 4 is 33.6 Å². The highest BCUT2D eigenvalue weighted by molar-refractivity contribution is 9.10. The number of carbonyl (C=O) groups is 1. The summed E-state index contributed by atoms with van der Waals surface area (Å²) in [6.45, 7) is 1.73. The monoisotopic (exact) mass is 298 g/mol. The minimum Gasteiger partial charge on any atom is -0.478 e. The van der Waals surface area contributed by atoms with Gasteiger partial charge in [0.25, 0.3) is 0 Å². The second-order valence-corrected chi connectivity index (χ2v) is 4.31. The second-order valence-electron chi connectivity index (χ2n) is 3.45. The number of carboxylic acid groups (broad SMARTS) is 1. The van der Waals surface area contributed by atoms with Crippen molar-refractivity contribution in [2.45, 2.75) is 6.92 Å². The number of imidazole rings is 1. The quantitative estimate of drug-likeness (QED) is 0.867. The Kier molecular flexibility index (Phi) is 2.97. The first-order valence-corrected chi connectivity index (χ1v) is 5.53. The summed E-state index contributed by atoms with van der Waals surface area (Å²) in [6.07, 6.45) is 3.65. The Balaban J connectivity index is 2.70. The van der Waals surface area contributed by atoms with Crippen molar-refractivity contribution in [3.8, 4) is 0 Å². The molecule has 17 heavy (non-hydrogen) atoms. The van der Waals surface area contributed by atoms with Crippen LogP contribution in [0, 0.1) is 12.7 Å². The number of aliphatic carboxylic acids is 1. The van der Waals surface area contributed by atoms with E-state index < -0.39 is 11.8 Å². The molecule has 4 nitrogen and oxygen atoms in total. The largest absolute Gasteiger partial charge is 0.478 e. The van der Waals surface area contributed by atoms with Crippen LogP contribution in [0.2, 0.25) is 0 Å². The maximum Gasteiger partial charge on any atom is 0.328 e. The van der Waals surface area contributed by atoms with Crippen LogP contribution in [-0.4, -0.2) is 20.5 Å². The van der Waals surface area contributed by atoms with Gasteiger partial charge in [0.05, 0.1) is 15.9 Å². The predicted molar refractivity (Wildman–Crippen MR) is 64.3 cm³/mol. The van der Waals surface area contributed by atoms with Gasteiger partial charge in [0, 0.05) is 12.3 Å². The summed E-state index contributed by atoms with van der Waals surface area (Å²) in [5.74, 6) is -1.48. The zero-order valence-electron chi connectivity index (χ0n) is 8.82. The van der Waals surface area contributed by atoms with Crippen LogP contribution in [0.4, 0.5) is 4.39 Å². The van der Waals surface area contributed by atoms with E-state index in [0.29, 0.717) is 21.5 Å². The standard InChI is InChI=1S/C11H8BrFN2O2/c1-6-9(2-3-10(16)17)15-5-7(13)4-8(12)11(15)14-6/h2-5H,1H3,(H,16,17)/b3-2+. The van der Waals surface area contributed by atoms with Crippen molar-refractivity contribution in [3.63, 3.8) is 0 Å². The minimum atomic E-state index is -1.06. The number of pyridine rings is 1. The van der Waals surface area contributed by atoms with Gasteiger partial charge >= 0.3 is 5.97 Å². The van der Waals surface area contributed by atoms with Gasteiger partial charge < -0.3 is 5.11 Å². The van der Waals surface area contributed by atoms with Crippen LogP contribution in [0.1, 0.15) is 11.4 Å². The van der Waals surface area contributed by atoms with Gasteiger partial charge in [0.15, 0.2) is 5.65 Å². The van der Waals surface area contributed by atoms with Gasteiger partial charge in [-0.2, -0.15) is 0 Å². The molecular weight excluding hydrogens is 291 g/mol. The summed E-state index contributed by atoms with van der Waals surface area (Å²) in [6, 6.07) is 1.31. The SMILES string of the molecule is Cc1nc2c(Br)cc(F)cn2c1/C=C/C(=O)O. The van der Waals surface area contributed by atoms with Crippen LogP contribution in [0.15, 0.2) is 22.8 Å². The first-order chi connectivity index (χ1) is 7.99. The average molecular weight is 299 g/mol. The summed E-state index contributed by atoms with van der Waals surface area (Å²) < 4.78 is 15.3. The van der Waals surface area contributed by atoms with Gasteiger partial charge in [0.2, 0.25) is 0 Å². The zero-order valence-corrected chi connectivity index (χ0v) is 10.4. The topological polar surface area (TPSA) is 54.6 Å². The molecule has 0 aliphatic heterocycles. The van der Waals surface area contributed by atoms with Gasteiger partial charge in [-0.1, -0.05) is 0 Å². The minimum absolute atomic E-state index is 0.424. The molecule has 0 aliphatic rings. The smallest absolute Gasteiger partial charge is 0.328 e. The second kappa shape index (κ2) is 4.29. The Hall–Kier alpha value is -1.69. The number of carboxylic acids is 1. The van der Waals surface area contributed by atoms with E-state index in [0.717, 1.165) is 6.08 Å². The molecule has 0 bridgehead atoms. The van der Waals surface area contributed by atoms with Crippen LogP contribution >= 0.6 is 15.9 Å². The lowest BCUT2D eigenvalue weighted by molar-refractivity contribution is -0.131. The van der Waals surface area contributed by atoms with E-state index in [1.54, 1.807) is 6.92 Å². The third-order valence-electron chi connectivity index (χ3n) is 2.25. The van der Waals surface area contributed by atoms with E-state index in [1.807, 2.05) is 0 Å². The number of fused-ring (bicyclic) bond motifs is 1. The lowest BCUT2D eigenvalue weighted by Crippen LogP contribution is -1.92. The van der Waals surface area contributed by atoms with Crippen molar-refractivity contribution in [1.82, 2.24) is 9.38 Å². The van der Waals surface area contributed by atoms with Crippen molar-refractivity contribution in [2.75, 3.05) is 0 Å². The van der Waals surface area contributed by atoms with Crippen molar-refractivity contribution in [3.05, 3.63) is 40.0 Å². The number of rotatable bonds is 2. The maximum absolute atomic E-state index is 13.3. The molecule has 0 spiro atoms. The van der Waals surface area contributed by atoms with Gasteiger partial charge in [-0.05, 0) is 35.0 Å². The summed E-state index contributed by atoms with van der Waals surface area (Å²) in [5.41, 5.74) is 1.73. The van der Waals surface area contributed by atoms with Crippen LogP contribution in [0.5, 0.6) is 0 Å². The lowest BCUT2D eigenvalue weighted by atomic mass is 10.3. The van der Waals surface area contributed by atoms with E-state index in [1.165, 1.54) is 22.7 Å². The number of hydrogen-bond acceptors (Lipinski definition) is 2. The molecule has 2 aromatic heterocycles. The molecule has 0 atom stereocenters. The molecule has 0 saturated heterocycles. The zero-order chi connectivity index (χ0) is 12.6. The molecule has 6 heteroatoms. The van der Waals surface area contributed by atoms with E-state index in [4.69, 9.17) is 5.11 Å². The first-order valence-electron chi connectivity index (χ1n) is 4.74. The molecule has 0 aliphatic carbocycles. The highest BCUT2D eigenvalue weighted by atomic mass is 79.9. The molecule has 88 valence electrons. The van der Waals surface area contributed by atoms with Crippen LogP contribution in [-0.2, 0) is 4.79 Å². The molecule has 0 amide bonds. The number of nitrogens with zero attached hydrogens (tertiary/aromatic N) is 2. The van der Waals surface area contributed by atoms with Crippen LogP contribution < -0.4 is 0 Å². The van der Waals surface area contributed by atoms with E-state index in [-0.39, 0.29) is 0 Å². The maximum atomic E-state index is 13.3. The predicted octanol–water partition coefficient (Wildman–Crippen LogP) is 2.64. The Morgan fingerprint density at radius 3 is 3.00 bits per heavy atom. The molecule has 2 rings (SSSR count). The third-order valence-corrected chi connectivity index (χ3v) is 2.83. The fourth-order valence-electron chi connectivity index (χ4n) is 1.55. The molecule has 0 radical (unpaired) electrons. The van der Waals surface area contributed by atoms with Crippen LogP contribution in [0.3, 0.4) is 0 Å². The Morgan fingerprint density at radius 2 is 2.35 bits per heavy atom. The number of hydrogen-bond donors (Lipinski definition) is 1. The summed E-state index contributed by atoms with van der Waals surface area (Å²) in [5, 5.41) is 8.58. The van der Waals surface area contributed by atoms with Gasteiger partial charge in [-0.15, -0.1) is 0 Å². The van der Waals surface area contributed by atoms with Gasteiger partial charge in [-0.25, -0.2) is 14.2 Å². The Morgan fingerprint density at radius 1 is 1.65 bits per heavy atom. The van der Waals surface area contributed by atoms with Crippen molar-refractivity contribution in [1.29, 1.82) is 0 Å². The summed E-state index contributed by atoms with van der Waals surface area (Å²) in [4.78, 5) is 14.7. The van der Waals surface area contributed by atoms with Gasteiger partial charge in [0.1, 0.15) is 5.82 Å². The van der Waals surface area contributed by atoms with E-state index in [2.05, 4.69) is 20.9 Å². The Bertz CT molecular complexity index is 634. The molecule has 0 aromatic carbocycles. The number of aryl methyl sites for hydroxylation is 1. The van der Waals surface area contributed by atoms with Crippen molar-refractivity contribution in [2.24, 2.45) is 0 Å². The highest BCUT2D eigenvalue weighted by Crippen LogP contribution is 2.22. The molecule has 0 saturated carbocycles. The highest BCUT2D eigenvalue weighted by Gasteiger charge is 2.10. The lowest BCUT2D eigenvalue weighted by Gasteiger charge is -1.99. The summed E-state index contributed by atoms with van der Waals surface area (Å²) in [7, 11) is 0. The van der Waals surface area contributed by atoms with Crippen molar-refractivity contribution < 1.29 is 14.3 Å². The van der Waals surface area contributed by atoms with Crippen LogP contribution in [0.25, 0.3) is 11.7 Å². The molecule has 2 heterocycles. The molecule has 0 unspecified atom stereocenters. The Labute approximate surface area is 105 Å². The van der Waals surface area contributed by atoms with Gasteiger partial charge in [-0.3, -0.25) is 4.40 Å². The first kappa shape index (κ1) is 11.8. The molecule has 1 N–H and O–H groups in total. The fraction of sp³-hybridized carbons (Fsp3) is 0.0909. The summed E-state index contributed by atoms with van der Waals surface area (Å²) >= 11 is 3.21. The number of halogens is 2. The number of aromatic nitrogens is 2. The fourth-order valence-corrected chi connectivity index (χ4v) is 2.05.